The van der Waals surface area contributed by atoms with E-state index in [0.29, 0.717) is 0 Å². The number of aromatic amines is 1. The number of allylic oxidation sites excluding steroid dienone is 1. The summed E-state index contributed by atoms with van der Waals surface area (Å²) in [6, 6.07) is 6.46. The van der Waals surface area contributed by atoms with Crippen LogP contribution in [-0.4, -0.2) is 4.98 Å². The molecule has 1 aromatic carbocycles. The van der Waals surface area contributed by atoms with Crippen molar-refractivity contribution in [3.05, 3.63) is 41.1 Å². The van der Waals surface area contributed by atoms with Gasteiger partial charge < -0.3 is 4.98 Å². The third kappa shape index (κ3) is 0.955. The van der Waals surface area contributed by atoms with Crippen LogP contribution < -0.4 is 0 Å². The van der Waals surface area contributed by atoms with Gasteiger partial charge in [0.1, 0.15) is 0 Å². The summed E-state index contributed by atoms with van der Waals surface area (Å²) in [5.74, 6) is 0. The number of aromatic nitrogens is 1. The SMILES string of the molecule is Cc1cccc2[nH]c3c(c12)C=CCC3. The molecule has 1 aromatic heterocycles. The van der Waals surface area contributed by atoms with Gasteiger partial charge in [0, 0.05) is 22.2 Å². The molecule has 3 rings (SSSR count). The van der Waals surface area contributed by atoms with Gasteiger partial charge in [-0.1, -0.05) is 24.3 Å². The summed E-state index contributed by atoms with van der Waals surface area (Å²) in [4.78, 5) is 3.51. The van der Waals surface area contributed by atoms with Gasteiger partial charge in [0.15, 0.2) is 0 Å². The molecule has 0 radical (unpaired) electrons. The molecule has 1 aliphatic carbocycles. The predicted molar refractivity (Wildman–Crippen MR) is 60.4 cm³/mol. The normalized spacial score (nSPS) is 14.6. The number of nitrogens with one attached hydrogen (secondary N) is 1. The molecule has 70 valence electrons. The summed E-state index contributed by atoms with van der Waals surface area (Å²) in [5.41, 5.74) is 5.45. The highest BCUT2D eigenvalue weighted by molar-refractivity contribution is 5.93. The Labute approximate surface area is 83.5 Å². The number of H-pyrrole nitrogens is 1. The van der Waals surface area contributed by atoms with Crippen molar-refractivity contribution in [2.24, 2.45) is 0 Å². The maximum absolute atomic E-state index is 3.51. The van der Waals surface area contributed by atoms with E-state index in [0.717, 1.165) is 6.42 Å². The van der Waals surface area contributed by atoms with Crippen LogP contribution in [0.15, 0.2) is 24.3 Å². The number of benzene rings is 1. The van der Waals surface area contributed by atoms with Gasteiger partial charge >= 0.3 is 0 Å². The molecular weight excluding hydrogens is 170 g/mol. The quantitative estimate of drug-likeness (QED) is 0.644. The molecule has 1 nitrogen and oxygen atoms in total. The topological polar surface area (TPSA) is 15.8 Å². The van der Waals surface area contributed by atoms with E-state index in [4.69, 9.17) is 0 Å². The first-order valence-corrected chi connectivity index (χ1v) is 5.13. The second-order valence-corrected chi connectivity index (χ2v) is 3.96. The molecule has 14 heavy (non-hydrogen) atoms. The number of hydrogen-bond acceptors (Lipinski definition) is 0. The zero-order chi connectivity index (χ0) is 9.54. The highest BCUT2D eigenvalue weighted by Gasteiger charge is 2.12. The Bertz CT molecular complexity index is 517. The summed E-state index contributed by atoms with van der Waals surface area (Å²) >= 11 is 0. The number of aryl methyl sites for hydroxylation is 2. The first-order chi connectivity index (χ1) is 6.86. The Balaban J connectivity index is 2.45. The number of rotatable bonds is 0. The van der Waals surface area contributed by atoms with E-state index < -0.39 is 0 Å². The van der Waals surface area contributed by atoms with Crippen molar-refractivity contribution in [2.75, 3.05) is 0 Å². The molecule has 2 aromatic rings. The summed E-state index contributed by atoms with van der Waals surface area (Å²) in [7, 11) is 0. The van der Waals surface area contributed by atoms with E-state index in [-0.39, 0.29) is 0 Å². The second-order valence-electron chi connectivity index (χ2n) is 3.96. The zero-order valence-electron chi connectivity index (χ0n) is 8.30. The van der Waals surface area contributed by atoms with Crippen molar-refractivity contribution < 1.29 is 0 Å². The molecule has 1 aliphatic rings. The van der Waals surface area contributed by atoms with Crippen molar-refractivity contribution >= 4 is 17.0 Å². The Kier molecular flexibility index (Phi) is 1.54. The van der Waals surface area contributed by atoms with E-state index in [1.807, 2.05) is 0 Å². The highest BCUT2D eigenvalue weighted by Crippen LogP contribution is 2.29. The molecule has 0 aliphatic heterocycles. The third-order valence-electron chi connectivity index (χ3n) is 3.00. The van der Waals surface area contributed by atoms with Gasteiger partial charge in [-0.25, -0.2) is 0 Å². The maximum atomic E-state index is 3.51. The minimum absolute atomic E-state index is 1.15. The van der Waals surface area contributed by atoms with Gasteiger partial charge in [-0.05, 0) is 31.4 Å². The van der Waals surface area contributed by atoms with Crippen molar-refractivity contribution in [1.29, 1.82) is 0 Å². The molecule has 0 atom stereocenters. The lowest BCUT2D eigenvalue weighted by Gasteiger charge is -2.04. The van der Waals surface area contributed by atoms with Crippen LogP contribution >= 0.6 is 0 Å². The summed E-state index contributed by atoms with van der Waals surface area (Å²) in [5, 5.41) is 1.40. The van der Waals surface area contributed by atoms with Crippen LogP contribution in [-0.2, 0) is 6.42 Å². The lowest BCUT2D eigenvalue weighted by Crippen LogP contribution is -1.91. The average Bonchev–Trinajstić information content (AvgIpc) is 2.57. The first kappa shape index (κ1) is 7.86. The first-order valence-electron chi connectivity index (χ1n) is 5.13. The van der Waals surface area contributed by atoms with E-state index >= 15 is 0 Å². The molecule has 0 amide bonds. The van der Waals surface area contributed by atoms with Crippen LogP contribution in [0, 0.1) is 6.92 Å². The Morgan fingerprint density at radius 3 is 3.14 bits per heavy atom. The van der Waals surface area contributed by atoms with Gasteiger partial charge in [-0.15, -0.1) is 0 Å². The molecule has 0 saturated carbocycles. The van der Waals surface area contributed by atoms with E-state index in [2.05, 4.69) is 42.3 Å². The monoisotopic (exact) mass is 183 g/mol. The maximum Gasteiger partial charge on any atom is 0.0465 e. The summed E-state index contributed by atoms with van der Waals surface area (Å²) < 4.78 is 0. The average molecular weight is 183 g/mol. The lowest BCUT2D eigenvalue weighted by molar-refractivity contribution is 0.951. The van der Waals surface area contributed by atoms with Crippen LogP contribution in [0.2, 0.25) is 0 Å². The van der Waals surface area contributed by atoms with Crippen molar-refractivity contribution in [2.45, 2.75) is 19.8 Å². The van der Waals surface area contributed by atoms with Crippen molar-refractivity contribution in [1.82, 2.24) is 4.98 Å². The van der Waals surface area contributed by atoms with E-state index in [1.165, 1.54) is 34.1 Å². The molecule has 1 N–H and O–H groups in total. The standard InChI is InChI=1S/C13H13N/c1-9-5-4-8-12-13(9)10-6-2-3-7-11(10)14-12/h2,4-6,8,14H,3,7H2,1H3. The van der Waals surface area contributed by atoms with Crippen molar-refractivity contribution in [3.63, 3.8) is 0 Å². The fraction of sp³-hybridized carbons (Fsp3) is 0.231. The Morgan fingerprint density at radius 2 is 2.21 bits per heavy atom. The van der Waals surface area contributed by atoms with Gasteiger partial charge in [0.25, 0.3) is 0 Å². The van der Waals surface area contributed by atoms with Crippen LogP contribution in [0.25, 0.3) is 17.0 Å². The second kappa shape index (κ2) is 2.74. The highest BCUT2D eigenvalue weighted by atomic mass is 14.7. The Hall–Kier alpha value is -1.50. The molecule has 0 bridgehead atoms. The molecule has 0 saturated heterocycles. The van der Waals surface area contributed by atoms with Crippen LogP contribution in [0.3, 0.4) is 0 Å². The molecule has 1 heterocycles. The molecular formula is C13H13N. The summed E-state index contributed by atoms with van der Waals surface area (Å²) in [6.45, 7) is 2.18. The van der Waals surface area contributed by atoms with Gasteiger partial charge in [-0.3, -0.25) is 0 Å². The van der Waals surface area contributed by atoms with Crippen LogP contribution in [0.4, 0.5) is 0 Å². The van der Waals surface area contributed by atoms with Gasteiger partial charge in [0.2, 0.25) is 0 Å². The predicted octanol–water partition coefficient (Wildman–Crippen LogP) is 3.44. The molecule has 1 heteroatoms. The van der Waals surface area contributed by atoms with Gasteiger partial charge in [0.05, 0.1) is 0 Å². The summed E-state index contributed by atoms with van der Waals surface area (Å²) in [6.07, 6.45) is 6.84. The fourth-order valence-electron chi connectivity index (χ4n) is 2.32. The number of fused-ring (bicyclic) bond motifs is 3. The third-order valence-corrected chi connectivity index (χ3v) is 3.00. The molecule has 0 spiro atoms. The molecule has 0 fully saturated rings. The smallest absolute Gasteiger partial charge is 0.0465 e. The van der Waals surface area contributed by atoms with Crippen LogP contribution in [0.5, 0.6) is 0 Å². The minimum Gasteiger partial charge on any atom is -0.358 e. The van der Waals surface area contributed by atoms with E-state index in [9.17, 15) is 0 Å². The van der Waals surface area contributed by atoms with E-state index in [1.54, 1.807) is 0 Å². The largest absolute Gasteiger partial charge is 0.358 e. The Morgan fingerprint density at radius 1 is 1.29 bits per heavy atom. The zero-order valence-corrected chi connectivity index (χ0v) is 8.30. The molecule has 0 unspecified atom stereocenters. The minimum atomic E-state index is 1.15. The number of hydrogen-bond donors (Lipinski definition) is 1. The fourth-order valence-corrected chi connectivity index (χ4v) is 2.32. The van der Waals surface area contributed by atoms with Crippen molar-refractivity contribution in [3.8, 4) is 0 Å². The lowest BCUT2D eigenvalue weighted by atomic mass is 10.00. The van der Waals surface area contributed by atoms with Gasteiger partial charge in [-0.2, -0.15) is 0 Å². The van der Waals surface area contributed by atoms with Crippen LogP contribution in [0.1, 0.15) is 23.2 Å².